The van der Waals surface area contributed by atoms with Crippen molar-refractivity contribution in [1.29, 1.82) is 0 Å². The molecule has 0 bridgehead atoms. The van der Waals surface area contributed by atoms with Gasteiger partial charge in [0, 0.05) is 55.2 Å². The molecule has 3 heterocycles. The van der Waals surface area contributed by atoms with Crippen molar-refractivity contribution in [3.05, 3.63) is 100 Å². The largest absolute Gasteiger partial charge is 0.368 e. The first-order valence-electron chi connectivity index (χ1n) is 12.3. The number of rotatable bonds is 3. The standard InChI is InChI=1S/C29H26FN5O2/c1-19-7-11-22(12-8-19)35-29(37)27-25(23-5-3-4-6-24(23)32(27)2)26(31-35)28(36)34-17-15-33(16-18-34)21-13-9-20(30)10-14-21/h3-14H,15-18H2,1-2H3. The van der Waals surface area contributed by atoms with E-state index >= 15 is 0 Å². The average Bonchev–Trinajstić information content (AvgIpc) is 3.23. The minimum absolute atomic E-state index is 0.207. The lowest BCUT2D eigenvalue weighted by Gasteiger charge is -2.36. The molecule has 0 aliphatic carbocycles. The third kappa shape index (κ3) is 3.85. The fourth-order valence-electron chi connectivity index (χ4n) is 5.16. The molecule has 37 heavy (non-hydrogen) atoms. The van der Waals surface area contributed by atoms with E-state index in [-0.39, 0.29) is 23.0 Å². The lowest BCUT2D eigenvalue weighted by Crippen LogP contribution is -2.49. The number of piperazine rings is 1. The van der Waals surface area contributed by atoms with Gasteiger partial charge >= 0.3 is 0 Å². The fraction of sp³-hybridized carbons (Fsp3) is 0.207. The van der Waals surface area contributed by atoms with Crippen LogP contribution in [0.1, 0.15) is 16.1 Å². The molecule has 1 aliphatic rings. The summed E-state index contributed by atoms with van der Waals surface area (Å²) in [6.45, 7) is 4.20. The van der Waals surface area contributed by atoms with E-state index in [1.807, 2.05) is 67.1 Å². The van der Waals surface area contributed by atoms with E-state index in [1.165, 1.54) is 16.8 Å². The summed E-state index contributed by atoms with van der Waals surface area (Å²) in [4.78, 5) is 31.6. The predicted octanol–water partition coefficient (Wildman–Crippen LogP) is 4.29. The maximum absolute atomic E-state index is 14.0. The minimum atomic E-state index is -0.272. The molecule has 3 aromatic carbocycles. The normalized spacial score (nSPS) is 14.0. The number of anilines is 1. The maximum Gasteiger partial charge on any atom is 0.296 e. The van der Waals surface area contributed by atoms with Crippen LogP contribution in [0.4, 0.5) is 10.1 Å². The van der Waals surface area contributed by atoms with Crippen LogP contribution in [0.2, 0.25) is 0 Å². The van der Waals surface area contributed by atoms with Gasteiger partial charge in [-0.05, 0) is 49.4 Å². The molecule has 1 amide bonds. The van der Waals surface area contributed by atoms with Gasteiger partial charge in [0.1, 0.15) is 11.3 Å². The number of carbonyl (C=O) groups excluding carboxylic acids is 1. The van der Waals surface area contributed by atoms with Crippen molar-refractivity contribution in [2.24, 2.45) is 7.05 Å². The van der Waals surface area contributed by atoms with Gasteiger partial charge in [0.2, 0.25) is 0 Å². The molecule has 0 N–H and O–H groups in total. The maximum atomic E-state index is 14.0. The predicted molar refractivity (Wildman–Crippen MR) is 143 cm³/mol. The number of carbonyl (C=O) groups is 1. The van der Waals surface area contributed by atoms with Gasteiger partial charge in [0.25, 0.3) is 11.5 Å². The lowest BCUT2D eigenvalue weighted by molar-refractivity contribution is 0.0741. The molecule has 0 unspecified atom stereocenters. The Kier molecular flexibility index (Phi) is 5.52. The molecule has 2 aromatic heterocycles. The van der Waals surface area contributed by atoms with E-state index in [4.69, 9.17) is 0 Å². The summed E-state index contributed by atoms with van der Waals surface area (Å²) in [6.07, 6.45) is 0. The van der Waals surface area contributed by atoms with Gasteiger partial charge in [0.05, 0.1) is 5.69 Å². The summed E-state index contributed by atoms with van der Waals surface area (Å²) in [5.41, 5.74) is 3.92. The molecule has 0 atom stereocenters. The van der Waals surface area contributed by atoms with E-state index < -0.39 is 0 Å². The zero-order chi connectivity index (χ0) is 25.7. The molecule has 0 spiro atoms. The molecule has 186 valence electrons. The zero-order valence-corrected chi connectivity index (χ0v) is 20.7. The van der Waals surface area contributed by atoms with Gasteiger partial charge in [-0.15, -0.1) is 0 Å². The third-order valence-electron chi connectivity index (χ3n) is 7.18. The molecular formula is C29H26FN5O2. The van der Waals surface area contributed by atoms with Gasteiger partial charge in [-0.2, -0.15) is 9.78 Å². The summed E-state index contributed by atoms with van der Waals surface area (Å²) in [7, 11) is 1.85. The number of aryl methyl sites for hydroxylation is 2. The van der Waals surface area contributed by atoms with Crippen LogP contribution in [-0.2, 0) is 7.05 Å². The Hall–Kier alpha value is -4.46. The van der Waals surface area contributed by atoms with Gasteiger partial charge in [0.15, 0.2) is 5.69 Å². The number of fused-ring (bicyclic) bond motifs is 3. The Balaban J connectivity index is 1.44. The highest BCUT2D eigenvalue weighted by molar-refractivity contribution is 6.16. The second-order valence-corrected chi connectivity index (χ2v) is 9.46. The highest BCUT2D eigenvalue weighted by Crippen LogP contribution is 2.29. The van der Waals surface area contributed by atoms with Crippen LogP contribution < -0.4 is 10.5 Å². The number of nitrogens with zero attached hydrogens (tertiary/aromatic N) is 5. The molecule has 1 saturated heterocycles. The van der Waals surface area contributed by atoms with E-state index in [1.54, 1.807) is 17.0 Å². The van der Waals surface area contributed by atoms with Gasteiger partial charge < -0.3 is 14.4 Å². The number of hydrogen-bond donors (Lipinski definition) is 0. The Morgan fingerprint density at radius 2 is 1.51 bits per heavy atom. The molecular weight excluding hydrogens is 469 g/mol. The molecule has 8 heteroatoms. The Bertz CT molecular complexity index is 1700. The fourth-order valence-corrected chi connectivity index (χ4v) is 5.16. The number of hydrogen-bond acceptors (Lipinski definition) is 4. The van der Waals surface area contributed by atoms with Crippen molar-refractivity contribution in [2.45, 2.75) is 6.92 Å². The molecule has 6 rings (SSSR count). The summed E-state index contributed by atoms with van der Waals surface area (Å²) in [5.74, 6) is -0.479. The number of amides is 1. The van der Waals surface area contributed by atoms with Crippen molar-refractivity contribution >= 4 is 33.4 Å². The van der Waals surface area contributed by atoms with Crippen LogP contribution >= 0.6 is 0 Å². The monoisotopic (exact) mass is 495 g/mol. The minimum Gasteiger partial charge on any atom is -0.368 e. The van der Waals surface area contributed by atoms with Crippen molar-refractivity contribution < 1.29 is 9.18 Å². The van der Waals surface area contributed by atoms with E-state index in [0.717, 1.165) is 22.2 Å². The SMILES string of the molecule is Cc1ccc(-n2nc(C(=O)N3CCN(c4ccc(F)cc4)CC3)c3c4ccccc4n(C)c3c2=O)cc1. The third-order valence-corrected chi connectivity index (χ3v) is 7.18. The Morgan fingerprint density at radius 3 is 2.22 bits per heavy atom. The van der Waals surface area contributed by atoms with Crippen molar-refractivity contribution in [3.63, 3.8) is 0 Å². The van der Waals surface area contributed by atoms with Crippen LogP contribution in [0.3, 0.4) is 0 Å². The first-order chi connectivity index (χ1) is 17.9. The van der Waals surface area contributed by atoms with Crippen LogP contribution in [0.15, 0.2) is 77.6 Å². The molecule has 0 radical (unpaired) electrons. The first kappa shape index (κ1) is 23.0. The van der Waals surface area contributed by atoms with Crippen LogP contribution in [-0.4, -0.2) is 51.3 Å². The Morgan fingerprint density at radius 1 is 0.865 bits per heavy atom. The second kappa shape index (κ2) is 8.89. The summed E-state index contributed by atoms with van der Waals surface area (Å²) < 4.78 is 16.5. The second-order valence-electron chi connectivity index (χ2n) is 9.46. The van der Waals surface area contributed by atoms with Gasteiger partial charge in [-0.25, -0.2) is 4.39 Å². The molecule has 7 nitrogen and oxygen atoms in total. The first-order valence-corrected chi connectivity index (χ1v) is 12.3. The van der Waals surface area contributed by atoms with E-state index in [0.29, 0.717) is 42.8 Å². The number of benzene rings is 3. The number of para-hydroxylation sites is 1. The van der Waals surface area contributed by atoms with Crippen molar-refractivity contribution in [1.82, 2.24) is 19.2 Å². The molecule has 1 fully saturated rings. The summed E-state index contributed by atoms with van der Waals surface area (Å²) in [5, 5.41) is 6.08. The molecule has 1 aliphatic heterocycles. The average molecular weight is 496 g/mol. The van der Waals surface area contributed by atoms with E-state index in [2.05, 4.69) is 10.00 Å². The highest BCUT2D eigenvalue weighted by atomic mass is 19.1. The topological polar surface area (TPSA) is 63.4 Å². The smallest absolute Gasteiger partial charge is 0.296 e. The summed E-state index contributed by atoms with van der Waals surface area (Å²) >= 11 is 0. The van der Waals surface area contributed by atoms with Crippen LogP contribution in [0.5, 0.6) is 0 Å². The highest BCUT2D eigenvalue weighted by Gasteiger charge is 2.29. The number of halogens is 1. The van der Waals surface area contributed by atoms with Crippen molar-refractivity contribution in [3.8, 4) is 5.69 Å². The van der Waals surface area contributed by atoms with Gasteiger partial charge in [-0.1, -0.05) is 35.9 Å². The Labute approximate surface area is 213 Å². The molecule has 5 aromatic rings. The summed E-state index contributed by atoms with van der Waals surface area (Å²) in [6, 6.07) is 21.6. The van der Waals surface area contributed by atoms with E-state index in [9.17, 15) is 14.0 Å². The van der Waals surface area contributed by atoms with Crippen LogP contribution in [0, 0.1) is 12.7 Å². The zero-order valence-electron chi connectivity index (χ0n) is 20.7. The number of aromatic nitrogens is 3. The quantitative estimate of drug-likeness (QED) is 0.375. The van der Waals surface area contributed by atoms with Gasteiger partial charge in [-0.3, -0.25) is 9.59 Å². The van der Waals surface area contributed by atoms with Crippen LogP contribution in [0.25, 0.3) is 27.5 Å². The molecule has 0 saturated carbocycles. The lowest BCUT2D eigenvalue weighted by atomic mass is 10.1. The van der Waals surface area contributed by atoms with Crippen molar-refractivity contribution in [2.75, 3.05) is 31.1 Å².